The summed E-state index contributed by atoms with van der Waals surface area (Å²) in [5.74, 6) is -1.50. The number of aliphatic hydroxyl groups is 1. The number of nitrogens with zero attached hydrogens (tertiary/aromatic N) is 4. The molecule has 3 amide bonds. The molecule has 0 saturated carbocycles. The molecular formula is C41H43FN4O5Si. The fourth-order valence-electron chi connectivity index (χ4n) is 8.24. The number of hydrazone groups is 1. The van der Waals surface area contributed by atoms with Crippen molar-refractivity contribution in [3.63, 3.8) is 0 Å². The standard InChI is InChI=1S/C41H43FN4O5Si/c1-28-39(52(2,3)42)36(26-38(49)44(23-24-47)27-29-13-7-4-8-14-29)51-41(28)33-25-32(19-21-35(33)45(40(41)50)31-17-11-6-12-18-31)46-37(48)22-20-34(43-46)30-15-9-5-10-16-30/h4-19,21,25,28,36,39,47H,20,22-24,26-27H2,1-3H3/t28-,36+,39-,41+/m1/s1. The van der Waals surface area contributed by atoms with E-state index in [1.165, 1.54) is 5.01 Å². The van der Waals surface area contributed by atoms with E-state index in [4.69, 9.17) is 9.84 Å². The molecule has 9 nitrogen and oxygen atoms in total. The third kappa shape index (κ3) is 6.37. The first kappa shape index (κ1) is 35.4. The summed E-state index contributed by atoms with van der Waals surface area (Å²) in [5, 5.41) is 16.0. The fourth-order valence-corrected chi connectivity index (χ4v) is 10.7. The first-order chi connectivity index (χ1) is 25.0. The van der Waals surface area contributed by atoms with Crippen molar-refractivity contribution in [2.75, 3.05) is 23.1 Å². The van der Waals surface area contributed by atoms with Crippen LogP contribution >= 0.6 is 0 Å². The number of para-hydroxylation sites is 1. The average Bonchev–Trinajstić information content (AvgIpc) is 3.58. The van der Waals surface area contributed by atoms with E-state index >= 15 is 8.90 Å². The van der Waals surface area contributed by atoms with Crippen LogP contribution in [0.5, 0.6) is 0 Å². The summed E-state index contributed by atoms with van der Waals surface area (Å²) >= 11 is 0. The Labute approximate surface area is 304 Å². The van der Waals surface area contributed by atoms with Crippen LogP contribution in [0.4, 0.5) is 21.2 Å². The van der Waals surface area contributed by atoms with Gasteiger partial charge in [0.25, 0.3) is 5.91 Å². The van der Waals surface area contributed by atoms with Crippen LogP contribution in [0.1, 0.15) is 42.9 Å². The molecule has 4 aromatic rings. The van der Waals surface area contributed by atoms with Crippen LogP contribution in [-0.2, 0) is 31.3 Å². The van der Waals surface area contributed by atoms with E-state index in [0.29, 0.717) is 29.0 Å². The van der Waals surface area contributed by atoms with Crippen LogP contribution in [0.25, 0.3) is 0 Å². The van der Waals surface area contributed by atoms with Gasteiger partial charge in [0.2, 0.25) is 20.2 Å². The van der Waals surface area contributed by atoms with Crippen LogP contribution in [0.15, 0.2) is 114 Å². The highest BCUT2D eigenvalue weighted by molar-refractivity contribution is 6.72. The number of amides is 3. The lowest BCUT2D eigenvalue weighted by Gasteiger charge is -2.31. The summed E-state index contributed by atoms with van der Waals surface area (Å²) in [6.45, 7) is 5.19. The summed E-state index contributed by atoms with van der Waals surface area (Å²) in [6, 6.07) is 33.8. The van der Waals surface area contributed by atoms with Crippen molar-refractivity contribution in [3.05, 3.63) is 126 Å². The molecule has 0 bridgehead atoms. The first-order valence-electron chi connectivity index (χ1n) is 17.8. The second-order valence-electron chi connectivity index (χ2n) is 14.3. The monoisotopic (exact) mass is 718 g/mol. The van der Waals surface area contributed by atoms with E-state index in [1.54, 1.807) is 41.1 Å². The maximum atomic E-state index is 16.6. The minimum Gasteiger partial charge on any atom is -0.395 e. The summed E-state index contributed by atoms with van der Waals surface area (Å²) in [7, 11) is -3.60. The topological polar surface area (TPSA) is 103 Å². The molecule has 3 aliphatic heterocycles. The van der Waals surface area contributed by atoms with Crippen LogP contribution in [0.2, 0.25) is 18.6 Å². The summed E-state index contributed by atoms with van der Waals surface area (Å²) in [4.78, 5) is 45.6. The number of rotatable bonds is 10. The fraction of sp³-hybridized carbons (Fsp3) is 0.317. The number of halogens is 1. The van der Waals surface area contributed by atoms with E-state index in [2.05, 4.69) is 0 Å². The maximum Gasteiger partial charge on any atom is 0.268 e. The van der Waals surface area contributed by atoms with Gasteiger partial charge in [0.15, 0.2) is 5.60 Å². The molecule has 1 spiro atoms. The second-order valence-corrected chi connectivity index (χ2v) is 18.1. The lowest BCUT2D eigenvalue weighted by molar-refractivity contribution is -0.149. The molecular weight excluding hydrogens is 676 g/mol. The number of anilines is 3. The zero-order valence-corrected chi connectivity index (χ0v) is 30.6. The number of carbonyl (C=O) groups excluding carboxylic acids is 3. The van der Waals surface area contributed by atoms with E-state index in [1.807, 2.05) is 97.9 Å². The smallest absolute Gasteiger partial charge is 0.268 e. The zero-order valence-electron chi connectivity index (χ0n) is 29.6. The van der Waals surface area contributed by atoms with Gasteiger partial charge in [-0.25, -0.2) is 5.01 Å². The molecule has 3 heterocycles. The van der Waals surface area contributed by atoms with Crippen LogP contribution in [-0.4, -0.2) is 61.1 Å². The predicted molar refractivity (Wildman–Crippen MR) is 201 cm³/mol. The molecule has 11 heteroatoms. The Morgan fingerprint density at radius 1 is 0.942 bits per heavy atom. The molecule has 4 aromatic carbocycles. The van der Waals surface area contributed by atoms with E-state index in [9.17, 15) is 14.7 Å². The molecule has 0 aromatic heterocycles. The lowest BCUT2D eigenvalue weighted by Crippen LogP contribution is -2.44. The predicted octanol–water partition coefficient (Wildman–Crippen LogP) is 7.08. The van der Waals surface area contributed by atoms with Crippen LogP contribution in [0, 0.1) is 5.92 Å². The molecule has 0 aliphatic carbocycles. The number of carbonyl (C=O) groups is 3. The van der Waals surface area contributed by atoms with Gasteiger partial charge in [0.05, 0.1) is 36.2 Å². The van der Waals surface area contributed by atoms with Crippen molar-refractivity contribution in [1.29, 1.82) is 0 Å². The van der Waals surface area contributed by atoms with Gasteiger partial charge in [0, 0.05) is 48.6 Å². The van der Waals surface area contributed by atoms with Crippen molar-refractivity contribution in [2.24, 2.45) is 11.0 Å². The van der Waals surface area contributed by atoms with Gasteiger partial charge >= 0.3 is 0 Å². The highest BCUT2D eigenvalue weighted by atomic mass is 28.4. The third-order valence-corrected chi connectivity index (χ3v) is 13.0. The van der Waals surface area contributed by atoms with Gasteiger partial charge in [-0.05, 0) is 54.6 Å². The highest BCUT2D eigenvalue weighted by Crippen LogP contribution is 2.61. The Morgan fingerprint density at radius 2 is 1.60 bits per heavy atom. The molecule has 1 fully saturated rings. The largest absolute Gasteiger partial charge is 0.395 e. The second kappa shape index (κ2) is 14.2. The Bertz CT molecular complexity index is 1990. The molecule has 1 N–H and O–H groups in total. The number of benzene rings is 4. The van der Waals surface area contributed by atoms with E-state index in [-0.39, 0.29) is 50.3 Å². The molecule has 4 atom stereocenters. The minimum absolute atomic E-state index is 0.102. The number of hydrogen-bond donors (Lipinski definition) is 1. The summed E-state index contributed by atoms with van der Waals surface area (Å²) in [6.07, 6.45) is -0.312. The Morgan fingerprint density at radius 3 is 2.25 bits per heavy atom. The summed E-state index contributed by atoms with van der Waals surface area (Å²) < 4.78 is 23.5. The number of hydrogen-bond acceptors (Lipinski definition) is 6. The number of ether oxygens (including phenoxy) is 1. The average molecular weight is 719 g/mol. The number of aliphatic hydroxyl groups excluding tert-OH is 1. The Balaban J connectivity index is 1.31. The molecule has 7 rings (SSSR count). The van der Waals surface area contributed by atoms with Crippen LogP contribution in [0.3, 0.4) is 0 Å². The van der Waals surface area contributed by atoms with Gasteiger partial charge in [-0.2, -0.15) is 5.10 Å². The van der Waals surface area contributed by atoms with Crippen LogP contribution < -0.4 is 9.91 Å². The zero-order chi connectivity index (χ0) is 36.6. The van der Waals surface area contributed by atoms with Gasteiger partial charge < -0.3 is 18.9 Å². The molecule has 268 valence electrons. The van der Waals surface area contributed by atoms with Crippen molar-refractivity contribution in [3.8, 4) is 0 Å². The van der Waals surface area contributed by atoms with Crippen molar-refractivity contribution < 1.29 is 28.3 Å². The minimum atomic E-state index is -3.60. The Kier molecular flexibility index (Phi) is 9.68. The summed E-state index contributed by atoms with van der Waals surface area (Å²) in [5.41, 5.74) is 2.40. The Hall–Kier alpha value is -4.97. The van der Waals surface area contributed by atoms with E-state index < -0.39 is 31.6 Å². The van der Waals surface area contributed by atoms with Gasteiger partial charge in [-0.1, -0.05) is 85.8 Å². The SMILES string of the molecule is C[C@@H]1[C@@H]([Si](C)(C)F)[C@H](CC(=O)N(CCO)Cc2ccccc2)O[C@@]12C(=O)N(c1ccccc1)c1ccc(N3N=C(c4ccccc4)CCC3=O)cc12. The van der Waals surface area contributed by atoms with Gasteiger partial charge in [0.1, 0.15) is 0 Å². The van der Waals surface area contributed by atoms with Gasteiger partial charge in [-0.3, -0.25) is 19.3 Å². The van der Waals surface area contributed by atoms with E-state index in [0.717, 1.165) is 16.8 Å². The molecule has 3 aliphatic rings. The quantitative estimate of drug-likeness (QED) is 0.140. The first-order valence-corrected chi connectivity index (χ1v) is 20.8. The molecule has 1 saturated heterocycles. The number of fused-ring (bicyclic) bond motifs is 2. The van der Waals surface area contributed by atoms with Crippen molar-refractivity contribution >= 4 is 48.9 Å². The molecule has 0 radical (unpaired) electrons. The molecule has 0 unspecified atom stereocenters. The van der Waals surface area contributed by atoms with Crippen molar-refractivity contribution in [2.45, 2.75) is 63.1 Å². The highest BCUT2D eigenvalue weighted by Gasteiger charge is 2.67. The lowest BCUT2D eigenvalue weighted by atomic mass is 9.82. The van der Waals surface area contributed by atoms with Gasteiger partial charge in [-0.15, -0.1) is 0 Å². The normalized spacial score (nSPS) is 22.9. The maximum absolute atomic E-state index is 16.6. The third-order valence-electron chi connectivity index (χ3n) is 10.6. The molecule has 52 heavy (non-hydrogen) atoms. The van der Waals surface area contributed by atoms with Crippen molar-refractivity contribution in [1.82, 2.24) is 4.90 Å².